The Bertz CT molecular complexity index is 275. The van der Waals surface area contributed by atoms with E-state index >= 15 is 0 Å². The number of hydrogen-bond acceptors (Lipinski definition) is 3. The molecule has 0 aliphatic carbocycles. The highest BCUT2D eigenvalue weighted by atomic mass is 16.6. The van der Waals surface area contributed by atoms with Gasteiger partial charge in [-0.05, 0) is 5.56 Å². The quantitative estimate of drug-likeness (QED) is 0.414. The maximum absolute atomic E-state index is 10.5. The van der Waals surface area contributed by atoms with Crippen molar-refractivity contribution in [3.63, 3.8) is 0 Å². The minimum absolute atomic E-state index is 0.0826. The van der Waals surface area contributed by atoms with Crippen LogP contribution in [-0.4, -0.2) is 12.6 Å². The van der Waals surface area contributed by atoms with Gasteiger partial charge in [0.05, 0.1) is 13.3 Å². The Morgan fingerprint density at radius 2 is 2.07 bits per heavy atom. The van der Waals surface area contributed by atoms with Crippen molar-refractivity contribution >= 4 is 5.91 Å². The van der Waals surface area contributed by atoms with Crippen LogP contribution in [0.15, 0.2) is 30.3 Å². The number of benzene rings is 1. The molecule has 0 aromatic heterocycles. The maximum atomic E-state index is 10.5. The third-order valence-electron chi connectivity index (χ3n) is 1.59. The summed E-state index contributed by atoms with van der Waals surface area (Å²) < 4.78 is 0. The van der Waals surface area contributed by atoms with Crippen molar-refractivity contribution in [3.8, 4) is 0 Å². The highest BCUT2D eigenvalue weighted by molar-refractivity contribution is 5.72. The van der Waals surface area contributed by atoms with Gasteiger partial charge < -0.3 is 5.32 Å². The van der Waals surface area contributed by atoms with Crippen molar-refractivity contribution in [1.29, 1.82) is 0 Å². The molecule has 0 saturated carbocycles. The topological polar surface area (TPSA) is 50.4 Å². The van der Waals surface area contributed by atoms with Crippen LogP contribution < -0.4 is 10.8 Å². The molecule has 0 bridgehead atoms. The molecule has 0 spiro atoms. The Balaban J connectivity index is 2.08. The van der Waals surface area contributed by atoms with Crippen molar-refractivity contribution < 1.29 is 9.63 Å². The predicted molar refractivity (Wildman–Crippen MR) is 53.1 cm³/mol. The number of carbonyl (C=O) groups is 1. The second-order valence-electron chi connectivity index (χ2n) is 2.83. The summed E-state index contributed by atoms with van der Waals surface area (Å²) >= 11 is 0. The Hall–Kier alpha value is -1.39. The van der Waals surface area contributed by atoms with Crippen molar-refractivity contribution in [2.24, 2.45) is 0 Å². The van der Waals surface area contributed by atoms with Crippen LogP contribution in [0.3, 0.4) is 0 Å². The van der Waals surface area contributed by atoms with Crippen LogP contribution in [0.1, 0.15) is 12.5 Å². The second kappa shape index (κ2) is 6.12. The Labute approximate surface area is 83.2 Å². The maximum Gasteiger partial charge on any atom is 0.217 e. The van der Waals surface area contributed by atoms with Gasteiger partial charge in [-0.25, -0.2) is 0 Å². The third kappa shape index (κ3) is 4.59. The molecule has 0 atom stereocenters. The fraction of sp³-hybridized carbons (Fsp3) is 0.300. The van der Waals surface area contributed by atoms with Gasteiger partial charge >= 0.3 is 0 Å². The van der Waals surface area contributed by atoms with Gasteiger partial charge in [-0.2, -0.15) is 5.48 Å². The molecule has 0 heterocycles. The Morgan fingerprint density at radius 3 is 2.71 bits per heavy atom. The molecule has 0 unspecified atom stereocenters. The number of carbonyl (C=O) groups excluding carboxylic acids is 1. The van der Waals surface area contributed by atoms with Crippen LogP contribution in [0.25, 0.3) is 0 Å². The molecular weight excluding hydrogens is 180 g/mol. The summed E-state index contributed by atoms with van der Waals surface area (Å²) in [7, 11) is 0. The lowest BCUT2D eigenvalue weighted by atomic mass is 10.2. The average molecular weight is 194 g/mol. The van der Waals surface area contributed by atoms with E-state index in [0.29, 0.717) is 13.3 Å². The van der Waals surface area contributed by atoms with Crippen molar-refractivity contribution in [2.75, 3.05) is 6.67 Å². The number of amides is 1. The van der Waals surface area contributed by atoms with Crippen LogP contribution >= 0.6 is 0 Å². The first-order chi connectivity index (χ1) is 6.79. The minimum Gasteiger partial charge on any atom is -0.342 e. The van der Waals surface area contributed by atoms with E-state index in [2.05, 4.69) is 10.8 Å². The molecule has 0 saturated heterocycles. The molecule has 4 heteroatoms. The van der Waals surface area contributed by atoms with Crippen LogP contribution in [-0.2, 0) is 16.2 Å². The van der Waals surface area contributed by atoms with Gasteiger partial charge in [0.1, 0.15) is 0 Å². The van der Waals surface area contributed by atoms with Crippen LogP contribution in [0.5, 0.6) is 0 Å². The third-order valence-corrected chi connectivity index (χ3v) is 1.59. The van der Waals surface area contributed by atoms with Gasteiger partial charge in [0.25, 0.3) is 0 Å². The largest absolute Gasteiger partial charge is 0.342 e. The zero-order valence-corrected chi connectivity index (χ0v) is 8.12. The van der Waals surface area contributed by atoms with Gasteiger partial charge in [-0.15, -0.1) is 0 Å². The molecule has 0 aliphatic rings. The summed E-state index contributed by atoms with van der Waals surface area (Å²) in [5.41, 5.74) is 3.72. The van der Waals surface area contributed by atoms with Gasteiger partial charge in [-0.1, -0.05) is 30.3 Å². The van der Waals surface area contributed by atoms with Gasteiger partial charge in [0.2, 0.25) is 5.91 Å². The van der Waals surface area contributed by atoms with Crippen molar-refractivity contribution in [2.45, 2.75) is 13.5 Å². The minimum atomic E-state index is -0.0826. The van der Waals surface area contributed by atoms with Gasteiger partial charge in [0.15, 0.2) is 0 Å². The number of rotatable bonds is 5. The van der Waals surface area contributed by atoms with Gasteiger partial charge in [-0.3, -0.25) is 9.63 Å². The van der Waals surface area contributed by atoms with E-state index in [9.17, 15) is 4.79 Å². The monoisotopic (exact) mass is 194 g/mol. The number of hydroxylamine groups is 1. The van der Waals surface area contributed by atoms with E-state index in [4.69, 9.17) is 4.84 Å². The number of hydrogen-bond donors (Lipinski definition) is 2. The van der Waals surface area contributed by atoms with Crippen molar-refractivity contribution in [1.82, 2.24) is 10.8 Å². The smallest absolute Gasteiger partial charge is 0.217 e. The normalized spacial score (nSPS) is 9.79. The fourth-order valence-corrected chi connectivity index (χ4v) is 0.920. The molecule has 1 aromatic rings. The Kier molecular flexibility index (Phi) is 4.68. The zero-order valence-electron chi connectivity index (χ0n) is 8.12. The first kappa shape index (κ1) is 10.7. The van der Waals surface area contributed by atoms with E-state index in [1.54, 1.807) is 0 Å². The fourth-order valence-electron chi connectivity index (χ4n) is 0.920. The van der Waals surface area contributed by atoms with Gasteiger partial charge in [0, 0.05) is 6.92 Å². The van der Waals surface area contributed by atoms with E-state index in [1.165, 1.54) is 6.92 Å². The Morgan fingerprint density at radius 1 is 1.36 bits per heavy atom. The highest BCUT2D eigenvalue weighted by Crippen LogP contribution is 1.98. The standard InChI is InChI=1S/C10H14N2O2/c1-9(13)11-8-12-14-7-10-5-3-2-4-6-10/h2-6,12H,7-8H2,1H3,(H,11,13). The second-order valence-corrected chi connectivity index (χ2v) is 2.83. The number of nitrogens with one attached hydrogen (secondary N) is 2. The molecule has 76 valence electrons. The molecular formula is C10H14N2O2. The molecule has 0 aliphatic heterocycles. The van der Waals surface area contributed by atoms with E-state index in [0.717, 1.165) is 5.56 Å². The van der Waals surface area contributed by atoms with Crippen molar-refractivity contribution in [3.05, 3.63) is 35.9 Å². The first-order valence-electron chi connectivity index (χ1n) is 4.42. The predicted octanol–water partition coefficient (Wildman–Crippen LogP) is 0.801. The summed E-state index contributed by atoms with van der Waals surface area (Å²) in [4.78, 5) is 15.6. The van der Waals surface area contributed by atoms with Crippen LogP contribution in [0.4, 0.5) is 0 Å². The lowest BCUT2D eigenvalue weighted by molar-refractivity contribution is -0.119. The lowest BCUT2D eigenvalue weighted by Gasteiger charge is -2.05. The summed E-state index contributed by atoms with van der Waals surface area (Å²) in [6.45, 7) is 2.27. The molecule has 0 radical (unpaired) electrons. The van der Waals surface area contributed by atoms with E-state index in [1.807, 2.05) is 30.3 Å². The SMILES string of the molecule is CC(=O)NCNOCc1ccccc1. The molecule has 1 amide bonds. The lowest BCUT2D eigenvalue weighted by Crippen LogP contribution is -2.32. The summed E-state index contributed by atoms with van der Waals surface area (Å²) in [6.07, 6.45) is 0. The molecule has 0 fully saturated rings. The summed E-state index contributed by atoms with van der Waals surface area (Å²) in [6, 6.07) is 9.80. The van der Waals surface area contributed by atoms with Crippen LogP contribution in [0, 0.1) is 0 Å². The van der Waals surface area contributed by atoms with Crippen LogP contribution in [0.2, 0.25) is 0 Å². The van der Waals surface area contributed by atoms with E-state index in [-0.39, 0.29) is 5.91 Å². The molecule has 14 heavy (non-hydrogen) atoms. The van der Waals surface area contributed by atoms with E-state index < -0.39 is 0 Å². The first-order valence-corrected chi connectivity index (χ1v) is 4.42. The molecule has 1 aromatic carbocycles. The summed E-state index contributed by atoms with van der Waals surface area (Å²) in [5, 5.41) is 2.56. The summed E-state index contributed by atoms with van der Waals surface area (Å²) in [5.74, 6) is -0.0826. The molecule has 4 nitrogen and oxygen atoms in total. The highest BCUT2D eigenvalue weighted by Gasteiger charge is 1.91. The average Bonchev–Trinajstić information content (AvgIpc) is 2.18. The zero-order chi connectivity index (χ0) is 10.2. The molecule has 1 rings (SSSR count). The molecule has 2 N–H and O–H groups in total.